The molecule has 2 aromatic carbocycles. The molecular weight excluding hydrogens is 638 g/mol. The van der Waals surface area contributed by atoms with E-state index in [1.165, 1.54) is 0 Å². The summed E-state index contributed by atoms with van der Waals surface area (Å²) in [6.07, 6.45) is 3.12. The van der Waals surface area contributed by atoms with Crippen molar-refractivity contribution in [3.05, 3.63) is 53.4 Å². The molecule has 2 aromatic heterocycles. The van der Waals surface area contributed by atoms with Crippen LogP contribution in [0.2, 0.25) is 5.02 Å². The van der Waals surface area contributed by atoms with Gasteiger partial charge in [-0.1, -0.05) is 41.9 Å². The number of rotatable bonds is 6. The van der Waals surface area contributed by atoms with Gasteiger partial charge in [0, 0.05) is 48.7 Å². The van der Waals surface area contributed by atoms with Crippen LogP contribution in [0, 0.1) is 5.82 Å². The molecule has 0 unspecified atom stereocenters. The third kappa shape index (κ3) is 5.78. The summed E-state index contributed by atoms with van der Waals surface area (Å²) in [6.45, 7) is 9.41. The quantitative estimate of drug-likeness (QED) is 0.208. The van der Waals surface area contributed by atoms with E-state index >= 15 is 4.39 Å². The normalized spacial score (nSPS) is 24.4. The number of nitrogens with zero attached hydrogens (tertiary/aromatic N) is 6. The first-order chi connectivity index (χ1) is 22.8. The molecule has 4 atom stereocenters. The second-order valence-corrected chi connectivity index (χ2v) is 14.8. The molecule has 0 N–H and O–H groups in total. The fourth-order valence-corrected chi connectivity index (χ4v) is 8.14. The molecule has 7 rings (SSSR count). The number of pyridine rings is 1. The zero-order valence-corrected chi connectivity index (χ0v) is 28.7. The topological polar surface area (TPSA) is 83.9 Å². The molecular formula is C36H41ClF2N6O3. The van der Waals surface area contributed by atoms with Crippen molar-refractivity contribution in [1.82, 2.24) is 24.8 Å². The minimum Gasteiger partial charge on any atom is -0.461 e. The molecule has 1 amide bonds. The van der Waals surface area contributed by atoms with Crippen LogP contribution in [0.3, 0.4) is 0 Å². The molecule has 9 nitrogen and oxygen atoms in total. The molecule has 3 aliphatic heterocycles. The van der Waals surface area contributed by atoms with Gasteiger partial charge in [0.05, 0.1) is 23.0 Å². The molecule has 0 bridgehead atoms. The van der Waals surface area contributed by atoms with Gasteiger partial charge in [-0.3, -0.25) is 9.88 Å². The summed E-state index contributed by atoms with van der Waals surface area (Å²) < 4.78 is 43.3. The number of carbonyl (C=O) groups excluding carboxylic acids is 1. The smallest absolute Gasteiger partial charge is 0.410 e. The maximum absolute atomic E-state index is 16.8. The maximum atomic E-state index is 16.8. The molecule has 48 heavy (non-hydrogen) atoms. The largest absolute Gasteiger partial charge is 0.461 e. The van der Waals surface area contributed by atoms with E-state index in [1.807, 2.05) is 63.9 Å². The monoisotopic (exact) mass is 678 g/mol. The van der Waals surface area contributed by atoms with Crippen molar-refractivity contribution in [3.8, 4) is 17.3 Å². The highest BCUT2D eigenvalue weighted by molar-refractivity contribution is 6.36. The van der Waals surface area contributed by atoms with Gasteiger partial charge in [0.15, 0.2) is 5.82 Å². The number of halogens is 3. The standard InChI is InChI=1S/C36H41ClF2N6O3/c1-21-27(13-16-45(21)34(46)48-35(2,3)4)43(5)32-25-18-40-30(24-11-6-9-22-10-7-12-26(37)28(22)24)29(39)31(25)41-33(42-32)47-20-36-14-8-15-44(36)19-23(38)17-36/h6-7,9-12,18,21,23,27H,8,13-17,19-20H2,1-5H3/t21-,23-,27-,36+/m1/s1. The van der Waals surface area contributed by atoms with Crippen LogP contribution in [-0.4, -0.2) is 93.5 Å². The van der Waals surface area contributed by atoms with E-state index in [2.05, 4.69) is 14.9 Å². The van der Waals surface area contributed by atoms with Gasteiger partial charge in [0.2, 0.25) is 0 Å². The summed E-state index contributed by atoms with van der Waals surface area (Å²) >= 11 is 6.62. The van der Waals surface area contributed by atoms with Gasteiger partial charge in [-0.15, -0.1) is 0 Å². The number of likely N-dealkylation sites (tertiary alicyclic amines) is 1. The fourth-order valence-electron chi connectivity index (χ4n) is 7.86. The van der Waals surface area contributed by atoms with Crippen LogP contribution >= 0.6 is 11.6 Å². The van der Waals surface area contributed by atoms with Gasteiger partial charge in [0.25, 0.3) is 0 Å². The molecule has 0 saturated carbocycles. The Bertz CT molecular complexity index is 1880. The first-order valence-electron chi connectivity index (χ1n) is 16.6. The fraction of sp³-hybridized carbons (Fsp3) is 0.500. The number of hydrogen-bond donors (Lipinski definition) is 0. The summed E-state index contributed by atoms with van der Waals surface area (Å²) in [5, 5.41) is 2.45. The van der Waals surface area contributed by atoms with Gasteiger partial charge in [0.1, 0.15) is 35.4 Å². The van der Waals surface area contributed by atoms with Crippen LogP contribution < -0.4 is 9.64 Å². The molecule has 4 aromatic rings. The van der Waals surface area contributed by atoms with Gasteiger partial charge in [-0.25, -0.2) is 13.6 Å². The Morgan fingerprint density at radius 2 is 1.94 bits per heavy atom. The van der Waals surface area contributed by atoms with Gasteiger partial charge < -0.3 is 19.3 Å². The summed E-state index contributed by atoms with van der Waals surface area (Å²) in [5.74, 6) is -0.190. The van der Waals surface area contributed by atoms with Gasteiger partial charge in [-0.2, -0.15) is 9.97 Å². The Morgan fingerprint density at radius 1 is 1.17 bits per heavy atom. The highest BCUT2D eigenvalue weighted by Crippen LogP contribution is 2.42. The Kier molecular flexibility index (Phi) is 8.35. The van der Waals surface area contributed by atoms with E-state index in [0.29, 0.717) is 53.1 Å². The number of carbonyl (C=O) groups is 1. The van der Waals surface area contributed by atoms with Gasteiger partial charge >= 0.3 is 12.1 Å². The van der Waals surface area contributed by atoms with Crippen molar-refractivity contribution < 1.29 is 23.0 Å². The molecule has 12 heteroatoms. The third-order valence-corrected chi connectivity index (χ3v) is 10.5. The van der Waals surface area contributed by atoms with E-state index < -0.39 is 23.1 Å². The van der Waals surface area contributed by atoms with E-state index in [9.17, 15) is 9.18 Å². The Hall–Kier alpha value is -3.83. The van der Waals surface area contributed by atoms with Crippen molar-refractivity contribution in [2.75, 3.05) is 38.2 Å². The molecule has 0 aliphatic carbocycles. The second kappa shape index (κ2) is 12.2. The van der Waals surface area contributed by atoms with Crippen molar-refractivity contribution in [2.45, 2.75) is 82.8 Å². The molecule has 3 fully saturated rings. The van der Waals surface area contributed by atoms with Crippen LogP contribution in [0.25, 0.3) is 32.9 Å². The Labute approximate surface area is 284 Å². The molecule has 0 spiro atoms. The molecule has 5 heterocycles. The van der Waals surface area contributed by atoms with Crippen LogP contribution in [0.1, 0.15) is 53.4 Å². The summed E-state index contributed by atoms with van der Waals surface area (Å²) in [7, 11) is 1.88. The average Bonchev–Trinajstić information content (AvgIpc) is 3.70. The average molecular weight is 679 g/mol. The van der Waals surface area contributed by atoms with Crippen LogP contribution in [0.4, 0.5) is 19.4 Å². The van der Waals surface area contributed by atoms with Gasteiger partial charge in [-0.05, 0) is 65.0 Å². The SMILES string of the molecule is C[C@@H]1[C@H](N(C)c2nc(OC[C@@]34CCCN3C[C@H](F)C4)nc3c(F)c(-c4cccc5cccc(Cl)c45)ncc23)CCN1C(=O)OC(C)(C)C. The predicted octanol–water partition coefficient (Wildman–Crippen LogP) is 7.43. The number of ether oxygens (including phenoxy) is 2. The lowest BCUT2D eigenvalue weighted by Crippen LogP contribution is -2.45. The van der Waals surface area contributed by atoms with E-state index in [1.54, 1.807) is 23.2 Å². The number of amides is 1. The van der Waals surface area contributed by atoms with Crippen molar-refractivity contribution >= 4 is 45.2 Å². The molecule has 254 valence electrons. The third-order valence-electron chi connectivity index (χ3n) is 10.2. The molecule has 3 aliphatic rings. The number of benzene rings is 2. The lowest BCUT2D eigenvalue weighted by atomic mass is 9.95. The highest BCUT2D eigenvalue weighted by Gasteiger charge is 2.49. The van der Waals surface area contributed by atoms with E-state index in [-0.39, 0.29) is 42.0 Å². The minimum atomic E-state index is -0.913. The van der Waals surface area contributed by atoms with Crippen molar-refractivity contribution in [2.24, 2.45) is 0 Å². The summed E-state index contributed by atoms with van der Waals surface area (Å²) in [4.78, 5) is 32.9. The number of anilines is 1. The predicted molar refractivity (Wildman–Crippen MR) is 183 cm³/mol. The number of likely N-dealkylation sites (N-methyl/N-ethyl adjacent to an activating group) is 1. The minimum absolute atomic E-state index is 0.00883. The van der Waals surface area contributed by atoms with Crippen LogP contribution in [0.5, 0.6) is 6.01 Å². The molecule has 3 saturated heterocycles. The zero-order chi connectivity index (χ0) is 34.0. The Balaban J connectivity index is 1.30. The second-order valence-electron chi connectivity index (χ2n) is 14.4. The first-order valence-corrected chi connectivity index (χ1v) is 17.0. The van der Waals surface area contributed by atoms with Crippen molar-refractivity contribution in [3.63, 3.8) is 0 Å². The molecule has 0 radical (unpaired) electrons. The van der Waals surface area contributed by atoms with Crippen molar-refractivity contribution in [1.29, 1.82) is 0 Å². The number of hydrogen-bond acceptors (Lipinski definition) is 8. The summed E-state index contributed by atoms with van der Waals surface area (Å²) in [6, 6.07) is 10.7. The number of aromatic nitrogens is 3. The Morgan fingerprint density at radius 3 is 2.71 bits per heavy atom. The lowest BCUT2D eigenvalue weighted by Gasteiger charge is -2.33. The van der Waals surface area contributed by atoms with Crippen LogP contribution in [0.15, 0.2) is 42.6 Å². The maximum Gasteiger partial charge on any atom is 0.410 e. The van der Waals surface area contributed by atoms with E-state index in [4.69, 9.17) is 26.1 Å². The number of alkyl halides is 1. The number of fused-ring (bicyclic) bond motifs is 3. The lowest BCUT2D eigenvalue weighted by molar-refractivity contribution is 0.0233. The highest BCUT2D eigenvalue weighted by atomic mass is 35.5. The van der Waals surface area contributed by atoms with Crippen LogP contribution in [-0.2, 0) is 4.74 Å². The summed E-state index contributed by atoms with van der Waals surface area (Å²) in [5.41, 5.74) is -0.339. The zero-order valence-electron chi connectivity index (χ0n) is 28.0. The van der Waals surface area contributed by atoms with E-state index in [0.717, 1.165) is 24.8 Å². The first kappa shape index (κ1) is 32.7.